The van der Waals surface area contributed by atoms with Gasteiger partial charge in [0.15, 0.2) is 5.82 Å². The molecule has 5 nitrogen and oxygen atoms in total. The molecule has 3 N–H and O–H groups in total. The quantitative estimate of drug-likeness (QED) is 0.808. The molecule has 0 aliphatic rings. The Kier molecular flexibility index (Phi) is 5.11. The highest BCUT2D eigenvalue weighted by Gasteiger charge is 2.22. The number of benzene rings is 1. The van der Waals surface area contributed by atoms with Crippen molar-refractivity contribution in [2.24, 2.45) is 5.73 Å². The topological polar surface area (TPSA) is 85.1 Å². The second-order valence-electron chi connectivity index (χ2n) is 4.02. The number of nitrogens with two attached hydrogens (primary N) is 1. The number of aromatic nitrogens is 1. The summed E-state index contributed by atoms with van der Waals surface area (Å²) in [5, 5.41) is 0.279. The number of nitrogens with zero attached hydrogens (tertiary/aromatic N) is 1. The van der Waals surface area contributed by atoms with E-state index < -0.39 is 10.0 Å². The zero-order valence-electron chi connectivity index (χ0n) is 10.5. The van der Waals surface area contributed by atoms with Gasteiger partial charge in [-0.2, -0.15) is 0 Å². The molecule has 2 rings (SSSR count). The molecule has 0 aliphatic heterocycles. The highest BCUT2D eigenvalue weighted by atomic mass is 79.9. The molecule has 0 saturated carbocycles. The predicted molar refractivity (Wildman–Crippen MR) is 87.1 cm³/mol. The molecule has 0 fully saturated rings. The lowest BCUT2D eigenvalue weighted by molar-refractivity contribution is 0.601. The molecule has 0 saturated heterocycles. The van der Waals surface area contributed by atoms with Gasteiger partial charge in [0, 0.05) is 17.8 Å². The van der Waals surface area contributed by atoms with Gasteiger partial charge in [-0.3, -0.25) is 4.72 Å². The predicted octanol–water partition coefficient (Wildman–Crippen LogP) is 3.41. The molecule has 0 spiro atoms. The molecule has 2 aromatic rings. The number of hydrogen-bond acceptors (Lipinski definition) is 4. The van der Waals surface area contributed by atoms with Gasteiger partial charge >= 0.3 is 0 Å². The fraction of sp³-hybridized carbons (Fsp3) is 0.0833. The number of sulfonamides is 1. The monoisotopic (exact) mass is 409 g/mol. The molecule has 112 valence electrons. The lowest BCUT2D eigenvalue weighted by Gasteiger charge is -2.12. The van der Waals surface area contributed by atoms with Crippen molar-refractivity contribution >= 4 is 55.0 Å². The molecule has 0 aliphatic carbocycles. The summed E-state index contributed by atoms with van der Waals surface area (Å²) in [6.07, 6.45) is 1.47. The summed E-state index contributed by atoms with van der Waals surface area (Å²) in [6, 6.07) is 6.12. The number of rotatable bonds is 4. The van der Waals surface area contributed by atoms with Crippen molar-refractivity contribution in [3.8, 4) is 0 Å². The zero-order chi connectivity index (χ0) is 15.6. The van der Waals surface area contributed by atoms with Crippen LogP contribution in [0.25, 0.3) is 0 Å². The third kappa shape index (κ3) is 3.67. The fourth-order valence-electron chi connectivity index (χ4n) is 1.61. The van der Waals surface area contributed by atoms with Gasteiger partial charge in [-0.05, 0) is 45.8 Å². The highest BCUT2D eigenvalue weighted by molar-refractivity contribution is 9.10. The Balaban J connectivity index is 2.50. The molecule has 0 atom stereocenters. The smallest absolute Gasteiger partial charge is 0.264 e. The molecule has 0 radical (unpaired) electrons. The summed E-state index contributed by atoms with van der Waals surface area (Å²) in [5.41, 5.74) is 5.98. The van der Waals surface area contributed by atoms with E-state index >= 15 is 0 Å². The maximum Gasteiger partial charge on any atom is 0.264 e. The molecule has 9 heteroatoms. The van der Waals surface area contributed by atoms with E-state index in [-0.39, 0.29) is 27.3 Å². The first-order valence-electron chi connectivity index (χ1n) is 5.66. The Morgan fingerprint density at radius 2 is 2.05 bits per heavy atom. The summed E-state index contributed by atoms with van der Waals surface area (Å²) >= 11 is 15.2. The van der Waals surface area contributed by atoms with Crippen LogP contribution in [0.3, 0.4) is 0 Å². The lowest BCUT2D eigenvalue weighted by Crippen LogP contribution is -2.16. The molecule has 0 unspecified atom stereocenters. The minimum atomic E-state index is -3.94. The third-order valence-electron chi connectivity index (χ3n) is 2.58. The summed E-state index contributed by atoms with van der Waals surface area (Å²) in [5.74, 6) is 0.155. The Bertz CT molecular complexity index is 784. The Morgan fingerprint density at radius 3 is 2.67 bits per heavy atom. The summed E-state index contributed by atoms with van der Waals surface area (Å²) in [7, 11) is -3.94. The Labute approximate surface area is 140 Å². The van der Waals surface area contributed by atoms with Crippen LogP contribution in [0.2, 0.25) is 10.0 Å². The standard InChI is InChI=1S/C12H10BrCl2N3O2S/c13-9-2-1-3-17-12(9)18-21(19,20)10-5-8(14)4-7(6-16)11(10)15/h1-5H,6,16H2,(H,17,18). The van der Waals surface area contributed by atoms with Crippen LogP contribution in [0, 0.1) is 0 Å². The number of nitrogens with one attached hydrogen (secondary N) is 1. The normalized spacial score (nSPS) is 11.4. The van der Waals surface area contributed by atoms with E-state index in [1.165, 1.54) is 18.3 Å². The maximum absolute atomic E-state index is 12.4. The van der Waals surface area contributed by atoms with Crippen LogP contribution in [0.5, 0.6) is 0 Å². The van der Waals surface area contributed by atoms with Crippen LogP contribution in [0.4, 0.5) is 5.82 Å². The number of halogens is 3. The van der Waals surface area contributed by atoms with Gasteiger partial charge in [-0.15, -0.1) is 0 Å². The largest absolute Gasteiger partial charge is 0.326 e. The van der Waals surface area contributed by atoms with E-state index in [1.54, 1.807) is 12.1 Å². The van der Waals surface area contributed by atoms with Crippen LogP contribution in [-0.2, 0) is 16.6 Å². The molecule has 1 heterocycles. The maximum atomic E-state index is 12.4. The summed E-state index contributed by atoms with van der Waals surface area (Å²) in [4.78, 5) is 3.80. The highest BCUT2D eigenvalue weighted by Crippen LogP contribution is 2.31. The van der Waals surface area contributed by atoms with Crippen molar-refractivity contribution in [3.05, 3.63) is 50.5 Å². The molecule has 1 aromatic carbocycles. The van der Waals surface area contributed by atoms with Gasteiger partial charge in [-0.1, -0.05) is 23.2 Å². The van der Waals surface area contributed by atoms with E-state index in [9.17, 15) is 8.42 Å². The minimum Gasteiger partial charge on any atom is -0.326 e. The number of anilines is 1. The Morgan fingerprint density at radius 1 is 1.33 bits per heavy atom. The summed E-state index contributed by atoms with van der Waals surface area (Å²) in [6.45, 7) is 0.0786. The average molecular weight is 411 g/mol. The Hall–Kier alpha value is -0.860. The van der Waals surface area contributed by atoms with Crippen molar-refractivity contribution in [3.63, 3.8) is 0 Å². The summed E-state index contributed by atoms with van der Waals surface area (Å²) < 4.78 is 27.7. The van der Waals surface area contributed by atoms with E-state index in [2.05, 4.69) is 25.6 Å². The zero-order valence-corrected chi connectivity index (χ0v) is 14.4. The first-order valence-corrected chi connectivity index (χ1v) is 8.69. The molecular formula is C12H10BrCl2N3O2S. The van der Waals surface area contributed by atoms with Gasteiger partial charge in [0.05, 0.1) is 9.50 Å². The molecule has 0 bridgehead atoms. The van der Waals surface area contributed by atoms with Gasteiger partial charge in [0.1, 0.15) is 4.90 Å². The molecule has 21 heavy (non-hydrogen) atoms. The first-order chi connectivity index (χ1) is 9.85. The van der Waals surface area contributed by atoms with Crippen molar-refractivity contribution in [1.82, 2.24) is 4.98 Å². The van der Waals surface area contributed by atoms with Crippen molar-refractivity contribution < 1.29 is 8.42 Å². The molecular weight excluding hydrogens is 401 g/mol. The lowest BCUT2D eigenvalue weighted by atomic mass is 10.2. The average Bonchev–Trinajstić information content (AvgIpc) is 2.43. The second kappa shape index (κ2) is 6.50. The van der Waals surface area contributed by atoms with Crippen molar-refractivity contribution in [2.75, 3.05) is 4.72 Å². The van der Waals surface area contributed by atoms with Crippen LogP contribution in [0.15, 0.2) is 39.8 Å². The SMILES string of the molecule is NCc1cc(Cl)cc(S(=O)(=O)Nc2ncccc2Br)c1Cl. The van der Waals surface area contributed by atoms with E-state index in [1.807, 2.05) is 0 Å². The van der Waals surface area contributed by atoms with Gasteiger partial charge in [0.25, 0.3) is 10.0 Å². The third-order valence-corrected chi connectivity index (χ3v) is 5.36. The molecule has 1 aromatic heterocycles. The van der Waals surface area contributed by atoms with Crippen LogP contribution in [-0.4, -0.2) is 13.4 Å². The van der Waals surface area contributed by atoms with Gasteiger partial charge < -0.3 is 5.73 Å². The molecule has 0 amide bonds. The number of pyridine rings is 1. The van der Waals surface area contributed by atoms with Crippen molar-refractivity contribution in [2.45, 2.75) is 11.4 Å². The first kappa shape index (κ1) is 16.5. The van der Waals surface area contributed by atoms with Crippen LogP contribution in [0.1, 0.15) is 5.56 Å². The van der Waals surface area contributed by atoms with Gasteiger partial charge in [0.2, 0.25) is 0 Å². The van der Waals surface area contributed by atoms with E-state index in [4.69, 9.17) is 28.9 Å². The minimum absolute atomic E-state index is 0.0430. The van der Waals surface area contributed by atoms with Crippen LogP contribution >= 0.6 is 39.1 Å². The fourth-order valence-corrected chi connectivity index (χ4v) is 4.06. The van der Waals surface area contributed by atoms with Crippen molar-refractivity contribution in [1.29, 1.82) is 0 Å². The van der Waals surface area contributed by atoms with E-state index in [0.717, 1.165) is 0 Å². The van der Waals surface area contributed by atoms with Gasteiger partial charge in [-0.25, -0.2) is 13.4 Å². The number of hydrogen-bond donors (Lipinski definition) is 2. The van der Waals surface area contributed by atoms with E-state index in [0.29, 0.717) is 10.0 Å². The second-order valence-corrected chi connectivity index (χ2v) is 7.34. The van der Waals surface area contributed by atoms with Crippen LogP contribution < -0.4 is 10.5 Å².